The van der Waals surface area contributed by atoms with Crippen LogP contribution in [0.5, 0.6) is 0 Å². The van der Waals surface area contributed by atoms with Gasteiger partial charge in [-0.05, 0) is 12.8 Å². The monoisotopic (exact) mass is 241 g/mol. The van der Waals surface area contributed by atoms with Gasteiger partial charge in [0.15, 0.2) is 0 Å². The van der Waals surface area contributed by atoms with Gasteiger partial charge >= 0.3 is 0 Å². The van der Waals surface area contributed by atoms with Crippen LogP contribution in [0.4, 0.5) is 5.82 Å². The van der Waals surface area contributed by atoms with E-state index in [-0.39, 0.29) is 6.61 Å². The molecular weight excluding hydrogens is 226 g/mol. The minimum absolute atomic E-state index is 0.247. The second kappa shape index (κ2) is 4.97. The fourth-order valence-corrected chi connectivity index (χ4v) is 2.39. The van der Waals surface area contributed by atoms with Crippen molar-refractivity contribution in [1.29, 1.82) is 0 Å². The highest BCUT2D eigenvalue weighted by Crippen LogP contribution is 2.28. The van der Waals surface area contributed by atoms with Crippen LogP contribution in [0.2, 0.25) is 5.15 Å². The van der Waals surface area contributed by atoms with Crippen LogP contribution < -0.4 is 4.90 Å². The molecule has 1 atom stereocenters. The molecule has 1 fully saturated rings. The Bertz CT molecular complexity index is 372. The summed E-state index contributed by atoms with van der Waals surface area (Å²) in [6, 6.07) is 0. The Balaban J connectivity index is 2.24. The maximum Gasteiger partial charge on any atom is 0.137 e. The molecule has 0 amide bonds. The summed E-state index contributed by atoms with van der Waals surface area (Å²) < 4.78 is 0. The highest BCUT2D eigenvalue weighted by atomic mass is 35.5. The number of aromatic nitrogens is 2. The molecule has 0 aromatic carbocycles. The Morgan fingerprint density at radius 2 is 2.38 bits per heavy atom. The molecule has 1 aromatic heterocycles. The average molecular weight is 242 g/mol. The first-order valence-electron chi connectivity index (χ1n) is 5.61. The van der Waals surface area contributed by atoms with Gasteiger partial charge < -0.3 is 10.0 Å². The zero-order valence-electron chi connectivity index (χ0n) is 9.36. The minimum Gasteiger partial charge on any atom is -0.396 e. The molecule has 1 aliphatic rings. The van der Waals surface area contributed by atoms with Gasteiger partial charge in [-0.1, -0.05) is 18.5 Å². The third-order valence-electron chi connectivity index (χ3n) is 3.07. The molecule has 2 rings (SSSR count). The fraction of sp³-hybridized carbons (Fsp3) is 0.636. The molecule has 1 unspecified atom stereocenters. The van der Waals surface area contributed by atoms with Gasteiger partial charge in [0.2, 0.25) is 0 Å². The third kappa shape index (κ3) is 2.13. The quantitative estimate of drug-likeness (QED) is 0.815. The lowest BCUT2D eigenvalue weighted by Gasteiger charge is -2.20. The van der Waals surface area contributed by atoms with Crippen molar-refractivity contribution in [2.24, 2.45) is 5.92 Å². The summed E-state index contributed by atoms with van der Waals surface area (Å²) in [5.74, 6) is 1.29. The van der Waals surface area contributed by atoms with Crippen LogP contribution in [0.1, 0.15) is 18.9 Å². The summed E-state index contributed by atoms with van der Waals surface area (Å²) in [5.41, 5.74) is 1.00. The van der Waals surface area contributed by atoms with Crippen LogP contribution in [0.15, 0.2) is 6.33 Å². The van der Waals surface area contributed by atoms with Crippen LogP contribution in [-0.2, 0) is 6.42 Å². The van der Waals surface area contributed by atoms with E-state index in [9.17, 15) is 0 Å². The molecule has 88 valence electrons. The van der Waals surface area contributed by atoms with Crippen molar-refractivity contribution in [3.63, 3.8) is 0 Å². The van der Waals surface area contributed by atoms with E-state index in [1.54, 1.807) is 0 Å². The normalized spacial score (nSPS) is 20.4. The second-order valence-electron chi connectivity index (χ2n) is 4.10. The number of aliphatic hydroxyl groups excluding tert-OH is 1. The second-order valence-corrected chi connectivity index (χ2v) is 4.46. The largest absolute Gasteiger partial charge is 0.396 e. The fourth-order valence-electron chi connectivity index (χ4n) is 2.13. The summed E-state index contributed by atoms with van der Waals surface area (Å²) in [4.78, 5) is 10.5. The summed E-state index contributed by atoms with van der Waals surface area (Å²) in [7, 11) is 0. The molecule has 4 nitrogen and oxygen atoms in total. The zero-order chi connectivity index (χ0) is 11.5. The van der Waals surface area contributed by atoms with Gasteiger partial charge in [0.05, 0.1) is 0 Å². The lowest BCUT2D eigenvalue weighted by molar-refractivity contribution is 0.238. The van der Waals surface area contributed by atoms with Crippen LogP contribution >= 0.6 is 11.6 Å². The van der Waals surface area contributed by atoms with Crippen LogP contribution in [0.25, 0.3) is 0 Å². The molecule has 1 saturated heterocycles. The Labute approximate surface area is 100 Å². The molecule has 0 aliphatic carbocycles. The molecule has 16 heavy (non-hydrogen) atoms. The molecule has 1 aromatic rings. The van der Waals surface area contributed by atoms with E-state index in [2.05, 4.69) is 14.9 Å². The topological polar surface area (TPSA) is 49.2 Å². The molecule has 0 bridgehead atoms. The third-order valence-corrected chi connectivity index (χ3v) is 3.39. The van der Waals surface area contributed by atoms with E-state index in [4.69, 9.17) is 16.7 Å². The highest BCUT2D eigenvalue weighted by Gasteiger charge is 2.25. The average Bonchev–Trinajstić information content (AvgIpc) is 2.77. The summed E-state index contributed by atoms with van der Waals surface area (Å²) in [5, 5.41) is 9.67. The van der Waals surface area contributed by atoms with Crippen LogP contribution in [0, 0.1) is 5.92 Å². The van der Waals surface area contributed by atoms with E-state index >= 15 is 0 Å². The predicted octanol–water partition coefficient (Wildman–Crippen LogP) is 1.51. The van der Waals surface area contributed by atoms with Crippen molar-refractivity contribution in [2.45, 2.75) is 19.8 Å². The minimum atomic E-state index is 0.247. The number of hydrogen-bond acceptors (Lipinski definition) is 4. The van der Waals surface area contributed by atoms with Gasteiger partial charge in [0, 0.05) is 31.2 Å². The van der Waals surface area contributed by atoms with Gasteiger partial charge in [-0.15, -0.1) is 0 Å². The van der Waals surface area contributed by atoms with E-state index in [1.165, 1.54) is 6.33 Å². The number of nitrogens with zero attached hydrogens (tertiary/aromatic N) is 3. The van der Waals surface area contributed by atoms with Gasteiger partial charge in [0.25, 0.3) is 0 Å². The van der Waals surface area contributed by atoms with Crippen molar-refractivity contribution >= 4 is 17.4 Å². The standard InChI is InChI=1S/C11H16ClN3O/c1-2-9-10(12)13-7-14-11(9)15-4-3-8(5-15)6-16/h7-8,16H,2-6H2,1H3. The van der Waals surface area contributed by atoms with E-state index in [1.807, 2.05) is 6.92 Å². The molecule has 0 radical (unpaired) electrons. The van der Waals surface area contributed by atoms with E-state index in [0.717, 1.165) is 37.3 Å². The summed E-state index contributed by atoms with van der Waals surface area (Å²) in [6.45, 7) is 4.09. The lowest BCUT2D eigenvalue weighted by atomic mass is 10.1. The number of anilines is 1. The van der Waals surface area contributed by atoms with E-state index < -0.39 is 0 Å². The maximum atomic E-state index is 9.13. The van der Waals surface area contributed by atoms with Crippen molar-refractivity contribution in [1.82, 2.24) is 9.97 Å². The van der Waals surface area contributed by atoms with E-state index in [0.29, 0.717) is 11.1 Å². The number of aliphatic hydroxyl groups is 1. The van der Waals surface area contributed by atoms with Crippen molar-refractivity contribution in [2.75, 3.05) is 24.6 Å². The maximum absolute atomic E-state index is 9.13. The molecule has 5 heteroatoms. The van der Waals surface area contributed by atoms with Crippen LogP contribution in [-0.4, -0.2) is 34.8 Å². The SMILES string of the molecule is CCc1c(Cl)ncnc1N1CCC(CO)C1. The van der Waals surface area contributed by atoms with Crippen molar-refractivity contribution in [3.05, 3.63) is 17.0 Å². The number of hydrogen-bond donors (Lipinski definition) is 1. The molecular formula is C11H16ClN3O. The highest BCUT2D eigenvalue weighted by molar-refractivity contribution is 6.30. The smallest absolute Gasteiger partial charge is 0.137 e. The Morgan fingerprint density at radius 1 is 1.56 bits per heavy atom. The molecule has 0 spiro atoms. The number of rotatable bonds is 3. The summed E-state index contributed by atoms with van der Waals surface area (Å²) >= 11 is 6.05. The van der Waals surface area contributed by atoms with Crippen LogP contribution in [0.3, 0.4) is 0 Å². The molecule has 0 saturated carbocycles. The Kier molecular flexibility index (Phi) is 3.61. The van der Waals surface area contributed by atoms with Gasteiger partial charge in [-0.25, -0.2) is 9.97 Å². The van der Waals surface area contributed by atoms with Gasteiger partial charge in [0.1, 0.15) is 17.3 Å². The first-order chi connectivity index (χ1) is 7.76. The Morgan fingerprint density at radius 3 is 3.00 bits per heavy atom. The first kappa shape index (κ1) is 11.6. The molecule has 1 N–H and O–H groups in total. The predicted molar refractivity (Wildman–Crippen MR) is 63.8 cm³/mol. The van der Waals surface area contributed by atoms with Gasteiger partial charge in [-0.3, -0.25) is 0 Å². The zero-order valence-corrected chi connectivity index (χ0v) is 10.1. The van der Waals surface area contributed by atoms with Crippen molar-refractivity contribution in [3.8, 4) is 0 Å². The molecule has 2 heterocycles. The number of halogens is 1. The molecule has 1 aliphatic heterocycles. The summed E-state index contributed by atoms with van der Waals surface area (Å²) in [6.07, 6.45) is 3.35. The lowest BCUT2D eigenvalue weighted by Crippen LogP contribution is -2.23. The van der Waals surface area contributed by atoms with Gasteiger partial charge in [-0.2, -0.15) is 0 Å². The van der Waals surface area contributed by atoms with Crippen molar-refractivity contribution < 1.29 is 5.11 Å². The first-order valence-corrected chi connectivity index (χ1v) is 5.99. The Hall–Kier alpha value is -0.870.